The average molecular weight is 200 g/mol. The van der Waals surface area contributed by atoms with E-state index in [9.17, 15) is 4.79 Å². The van der Waals surface area contributed by atoms with Crippen LogP contribution >= 0.6 is 0 Å². The van der Waals surface area contributed by atoms with E-state index in [1.807, 2.05) is 13.8 Å². The maximum atomic E-state index is 11.5. The third-order valence-corrected chi connectivity index (χ3v) is 3.15. The second kappa shape index (κ2) is 2.94. The first-order valence-electron chi connectivity index (χ1n) is 5.02. The molecule has 0 saturated carbocycles. The average Bonchev–Trinajstić information content (AvgIpc) is 2.74. The summed E-state index contributed by atoms with van der Waals surface area (Å²) in [6.07, 6.45) is 0.365. The number of carbonyl (C=O) groups excluding carboxylic acids is 1. The zero-order valence-electron chi connectivity index (χ0n) is 8.83. The highest BCUT2D eigenvalue weighted by atomic mass is 16.7. The molecule has 2 atom stereocenters. The molecule has 1 spiro atoms. The van der Waals surface area contributed by atoms with Gasteiger partial charge in [0, 0.05) is 6.42 Å². The van der Waals surface area contributed by atoms with Crippen LogP contribution in [0.3, 0.4) is 0 Å². The van der Waals surface area contributed by atoms with Gasteiger partial charge in [-0.3, -0.25) is 0 Å². The van der Waals surface area contributed by atoms with Crippen molar-refractivity contribution in [2.24, 2.45) is 0 Å². The van der Waals surface area contributed by atoms with E-state index in [1.165, 1.54) is 0 Å². The van der Waals surface area contributed by atoms with E-state index in [0.717, 1.165) is 6.42 Å². The molecule has 2 saturated heterocycles. The Labute approximate surface area is 83.5 Å². The second-order valence-electron chi connectivity index (χ2n) is 4.25. The summed E-state index contributed by atoms with van der Waals surface area (Å²) in [5.41, 5.74) is -0.788. The summed E-state index contributed by atoms with van der Waals surface area (Å²) in [5.74, 6) is -0.258. The van der Waals surface area contributed by atoms with Crippen LogP contribution in [0.15, 0.2) is 0 Å². The summed E-state index contributed by atoms with van der Waals surface area (Å²) < 4.78 is 16.0. The van der Waals surface area contributed by atoms with Crippen LogP contribution in [-0.4, -0.2) is 36.5 Å². The fourth-order valence-corrected chi connectivity index (χ4v) is 2.16. The number of epoxide rings is 1. The fraction of sp³-hybridized carbons (Fsp3) is 0.900. The van der Waals surface area contributed by atoms with Crippen LogP contribution in [0, 0.1) is 0 Å². The van der Waals surface area contributed by atoms with Crippen molar-refractivity contribution in [2.75, 3.05) is 13.2 Å². The number of rotatable bonds is 2. The summed E-state index contributed by atoms with van der Waals surface area (Å²) in [5, 5.41) is 0. The van der Waals surface area contributed by atoms with Gasteiger partial charge in [0.25, 0.3) is 0 Å². The number of carbonyl (C=O) groups is 1. The van der Waals surface area contributed by atoms with Gasteiger partial charge in [0.1, 0.15) is 5.60 Å². The Kier molecular flexibility index (Phi) is 2.08. The van der Waals surface area contributed by atoms with Gasteiger partial charge in [-0.15, -0.1) is 0 Å². The highest BCUT2D eigenvalue weighted by Gasteiger charge is 2.72. The molecule has 4 heteroatoms. The van der Waals surface area contributed by atoms with Crippen molar-refractivity contribution in [3.8, 4) is 0 Å². The Hall–Kier alpha value is -0.610. The van der Waals surface area contributed by atoms with E-state index in [4.69, 9.17) is 14.2 Å². The number of esters is 1. The Morgan fingerprint density at radius 3 is 2.79 bits per heavy atom. The summed E-state index contributed by atoms with van der Waals surface area (Å²) in [6, 6.07) is 0. The molecule has 0 aromatic rings. The molecule has 0 aromatic carbocycles. The van der Waals surface area contributed by atoms with Gasteiger partial charge in [0.15, 0.2) is 6.10 Å². The van der Waals surface area contributed by atoms with Crippen LogP contribution in [0.4, 0.5) is 0 Å². The van der Waals surface area contributed by atoms with Gasteiger partial charge < -0.3 is 14.2 Å². The molecule has 2 rings (SSSR count). The summed E-state index contributed by atoms with van der Waals surface area (Å²) >= 11 is 0. The lowest BCUT2D eigenvalue weighted by molar-refractivity contribution is -0.144. The topological polar surface area (TPSA) is 48.1 Å². The van der Waals surface area contributed by atoms with Gasteiger partial charge >= 0.3 is 5.97 Å². The first kappa shape index (κ1) is 9.93. The van der Waals surface area contributed by atoms with E-state index >= 15 is 0 Å². The molecule has 80 valence electrons. The molecule has 2 aliphatic rings. The van der Waals surface area contributed by atoms with Crippen LogP contribution in [0.5, 0.6) is 0 Å². The molecule has 2 heterocycles. The molecule has 2 unspecified atom stereocenters. The molecule has 0 N–H and O–H groups in total. The largest absolute Gasteiger partial charge is 0.464 e. The summed E-state index contributed by atoms with van der Waals surface area (Å²) in [7, 11) is 0. The van der Waals surface area contributed by atoms with Gasteiger partial charge in [-0.25, -0.2) is 4.79 Å². The zero-order valence-corrected chi connectivity index (χ0v) is 8.83. The Bertz CT molecular complexity index is 261. The maximum absolute atomic E-state index is 11.5. The van der Waals surface area contributed by atoms with Crippen molar-refractivity contribution in [1.82, 2.24) is 0 Å². The van der Waals surface area contributed by atoms with Crippen molar-refractivity contribution < 1.29 is 19.0 Å². The van der Waals surface area contributed by atoms with Crippen molar-refractivity contribution in [3.63, 3.8) is 0 Å². The lowest BCUT2D eigenvalue weighted by Crippen LogP contribution is -2.39. The number of hydrogen-bond acceptors (Lipinski definition) is 4. The normalized spacial score (nSPS) is 38.6. The van der Waals surface area contributed by atoms with E-state index in [2.05, 4.69) is 0 Å². The SMILES string of the molecule is CCOC(=O)C1OC12CCOC2(C)C. The molecule has 2 fully saturated rings. The Morgan fingerprint density at radius 2 is 2.29 bits per heavy atom. The van der Waals surface area contributed by atoms with E-state index in [-0.39, 0.29) is 11.6 Å². The molecule has 14 heavy (non-hydrogen) atoms. The van der Waals surface area contributed by atoms with Crippen LogP contribution in [-0.2, 0) is 19.0 Å². The maximum Gasteiger partial charge on any atom is 0.338 e. The first-order valence-corrected chi connectivity index (χ1v) is 5.02. The first-order chi connectivity index (χ1) is 6.53. The highest BCUT2D eigenvalue weighted by Crippen LogP contribution is 2.53. The van der Waals surface area contributed by atoms with Gasteiger partial charge in [-0.05, 0) is 20.8 Å². The molecule has 0 bridgehead atoms. The van der Waals surface area contributed by atoms with Crippen LogP contribution in [0.1, 0.15) is 27.2 Å². The standard InChI is InChI=1S/C10H16O4/c1-4-12-8(11)7-10(14-7)5-6-13-9(10,2)3/h7H,4-6H2,1-3H3. The lowest BCUT2D eigenvalue weighted by Gasteiger charge is -2.22. The van der Waals surface area contributed by atoms with Gasteiger partial charge in [-0.2, -0.15) is 0 Å². The molecule has 0 aliphatic carbocycles. The monoisotopic (exact) mass is 200 g/mol. The minimum Gasteiger partial charge on any atom is -0.464 e. The molecular weight excluding hydrogens is 184 g/mol. The molecular formula is C10H16O4. The zero-order chi connectivity index (χ0) is 10.4. The molecule has 4 nitrogen and oxygen atoms in total. The van der Waals surface area contributed by atoms with Gasteiger partial charge in [0.2, 0.25) is 0 Å². The smallest absolute Gasteiger partial charge is 0.338 e. The third kappa shape index (κ3) is 1.17. The van der Waals surface area contributed by atoms with Crippen LogP contribution in [0.2, 0.25) is 0 Å². The predicted octanol–water partition coefficient (Wildman–Crippen LogP) is 0.886. The predicted molar refractivity (Wildman–Crippen MR) is 48.9 cm³/mol. The van der Waals surface area contributed by atoms with Crippen LogP contribution < -0.4 is 0 Å². The molecule has 2 aliphatic heterocycles. The van der Waals surface area contributed by atoms with Crippen molar-refractivity contribution in [2.45, 2.75) is 44.5 Å². The van der Waals surface area contributed by atoms with E-state index in [0.29, 0.717) is 13.2 Å². The Morgan fingerprint density at radius 1 is 1.57 bits per heavy atom. The van der Waals surface area contributed by atoms with Gasteiger partial charge in [0.05, 0.1) is 18.8 Å². The van der Waals surface area contributed by atoms with E-state index < -0.39 is 11.7 Å². The third-order valence-electron chi connectivity index (χ3n) is 3.15. The minimum absolute atomic E-state index is 0.258. The van der Waals surface area contributed by atoms with E-state index in [1.54, 1.807) is 6.92 Å². The van der Waals surface area contributed by atoms with Crippen LogP contribution in [0.25, 0.3) is 0 Å². The molecule has 0 radical (unpaired) electrons. The number of hydrogen-bond donors (Lipinski definition) is 0. The fourth-order valence-electron chi connectivity index (χ4n) is 2.16. The highest BCUT2D eigenvalue weighted by molar-refractivity contribution is 5.80. The van der Waals surface area contributed by atoms with Crippen molar-refractivity contribution in [3.05, 3.63) is 0 Å². The molecule has 0 aromatic heterocycles. The van der Waals surface area contributed by atoms with Crippen molar-refractivity contribution in [1.29, 1.82) is 0 Å². The quantitative estimate of drug-likeness (QED) is 0.490. The molecule has 0 amide bonds. The minimum atomic E-state index is -0.417. The van der Waals surface area contributed by atoms with Crippen molar-refractivity contribution >= 4 is 5.97 Å². The summed E-state index contributed by atoms with van der Waals surface area (Å²) in [4.78, 5) is 11.5. The second-order valence-corrected chi connectivity index (χ2v) is 4.25. The summed E-state index contributed by atoms with van der Waals surface area (Å²) in [6.45, 7) is 6.76. The lowest BCUT2D eigenvalue weighted by atomic mass is 9.87. The Balaban J connectivity index is 2.06. The number of ether oxygens (including phenoxy) is 3. The van der Waals surface area contributed by atoms with Gasteiger partial charge in [-0.1, -0.05) is 0 Å².